The Hall–Kier alpha value is -1.75. The van der Waals surface area contributed by atoms with Crippen LogP contribution in [0.2, 0.25) is 5.02 Å². The Kier molecular flexibility index (Phi) is 5.18. The molecule has 104 valence electrons. The van der Waals surface area contributed by atoms with Crippen LogP contribution >= 0.6 is 11.6 Å². The smallest absolute Gasteiger partial charge is 0.407 e. The summed E-state index contributed by atoms with van der Waals surface area (Å²) in [6.07, 6.45) is 0.776. The Morgan fingerprint density at radius 2 is 2.21 bits per heavy atom. The van der Waals surface area contributed by atoms with Crippen LogP contribution in [0.4, 0.5) is 4.79 Å². The number of nitrogens with one attached hydrogen (secondary N) is 1. The molecule has 2 N–H and O–H groups in total. The van der Waals surface area contributed by atoms with Crippen molar-refractivity contribution in [1.82, 2.24) is 5.32 Å². The summed E-state index contributed by atoms with van der Waals surface area (Å²) >= 11 is 6.01. The van der Waals surface area contributed by atoms with E-state index in [2.05, 4.69) is 10.5 Å². The molecule has 0 radical (unpaired) electrons. The van der Waals surface area contributed by atoms with Crippen molar-refractivity contribution in [2.45, 2.75) is 32.9 Å². The number of alkyl carbamates (subject to hydrolysis) is 1. The van der Waals surface area contributed by atoms with Gasteiger partial charge in [0.1, 0.15) is 5.60 Å². The fourth-order valence-corrected chi connectivity index (χ4v) is 1.54. The van der Waals surface area contributed by atoms with Crippen molar-refractivity contribution < 1.29 is 14.7 Å². The molecule has 1 aromatic carbocycles. The lowest BCUT2D eigenvalue weighted by Gasteiger charge is -2.19. The van der Waals surface area contributed by atoms with E-state index in [0.29, 0.717) is 16.1 Å². The molecular weight excluding hydrogens is 268 g/mol. The first-order chi connectivity index (χ1) is 8.81. The van der Waals surface area contributed by atoms with Crippen LogP contribution < -0.4 is 5.32 Å². The van der Waals surface area contributed by atoms with Crippen LogP contribution in [0.15, 0.2) is 23.4 Å². The van der Waals surface area contributed by atoms with Crippen molar-refractivity contribution in [3.63, 3.8) is 0 Å². The minimum atomic E-state index is -0.542. The highest BCUT2D eigenvalue weighted by Gasteiger charge is 2.16. The van der Waals surface area contributed by atoms with Crippen molar-refractivity contribution in [3.05, 3.63) is 34.3 Å². The summed E-state index contributed by atoms with van der Waals surface area (Å²) < 4.78 is 5.12. The first-order valence-corrected chi connectivity index (χ1v) is 6.12. The Bertz CT molecular complexity index is 481. The highest BCUT2D eigenvalue weighted by atomic mass is 35.5. The summed E-state index contributed by atoms with van der Waals surface area (Å²) in [5.41, 5.74) is 0.858. The lowest BCUT2D eigenvalue weighted by molar-refractivity contribution is 0.0523. The van der Waals surface area contributed by atoms with E-state index < -0.39 is 11.7 Å². The molecule has 0 saturated heterocycles. The van der Waals surface area contributed by atoms with Crippen molar-refractivity contribution in [2.75, 3.05) is 0 Å². The summed E-state index contributed by atoms with van der Waals surface area (Å²) in [6.45, 7) is 5.61. The van der Waals surface area contributed by atoms with Gasteiger partial charge in [-0.3, -0.25) is 0 Å². The van der Waals surface area contributed by atoms with E-state index in [-0.39, 0.29) is 6.54 Å². The number of hydrogen-bond acceptors (Lipinski definition) is 4. The van der Waals surface area contributed by atoms with E-state index in [1.165, 1.54) is 6.21 Å². The molecule has 0 aliphatic carbocycles. The molecule has 0 aromatic heterocycles. The van der Waals surface area contributed by atoms with Gasteiger partial charge in [0.05, 0.1) is 6.21 Å². The van der Waals surface area contributed by atoms with E-state index in [1.807, 2.05) is 0 Å². The number of hydrogen-bond donors (Lipinski definition) is 2. The number of carbonyl (C=O) groups excluding carboxylic acids is 1. The number of halogens is 1. The van der Waals surface area contributed by atoms with Gasteiger partial charge in [0.2, 0.25) is 0 Å². The molecule has 0 fully saturated rings. The molecule has 0 spiro atoms. The van der Waals surface area contributed by atoms with Gasteiger partial charge in [0.15, 0.2) is 0 Å². The van der Waals surface area contributed by atoms with Crippen molar-refractivity contribution in [3.8, 4) is 0 Å². The monoisotopic (exact) mass is 284 g/mol. The number of ether oxygens (including phenoxy) is 1. The summed E-state index contributed by atoms with van der Waals surface area (Å²) in [5.74, 6) is 0. The molecule has 0 saturated carbocycles. The Morgan fingerprint density at radius 3 is 2.79 bits per heavy atom. The number of carbonyl (C=O) groups is 1. The molecule has 6 heteroatoms. The molecule has 0 aliphatic rings. The van der Waals surface area contributed by atoms with E-state index in [1.54, 1.807) is 39.0 Å². The Balaban J connectivity index is 2.67. The van der Waals surface area contributed by atoms with Gasteiger partial charge >= 0.3 is 6.09 Å². The number of amides is 1. The van der Waals surface area contributed by atoms with E-state index in [0.717, 1.165) is 0 Å². The fourth-order valence-electron chi connectivity index (χ4n) is 1.36. The summed E-state index contributed by atoms with van der Waals surface area (Å²) in [5, 5.41) is 14.5. The van der Waals surface area contributed by atoms with Gasteiger partial charge in [0, 0.05) is 11.6 Å². The second-order valence-electron chi connectivity index (χ2n) is 4.95. The summed E-state index contributed by atoms with van der Waals surface area (Å²) in [4.78, 5) is 11.5. The molecular formula is C13H17ClN2O3. The van der Waals surface area contributed by atoms with Gasteiger partial charge in [-0.1, -0.05) is 22.8 Å². The van der Waals surface area contributed by atoms with Gasteiger partial charge in [-0.15, -0.1) is 0 Å². The third-order valence-electron chi connectivity index (χ3n) is 2.10. The quantitative estimate of drug-likeness (QED) is 0.509. The zero-order valence-corrected chi connectivity index (χ0v) is 11.9. The minimum absolute atomic E-state index is 0.237. The largest absolute Gasteiger partial charge is 0.444 e. The van der Waals surface area contributed by atoms with Gasteiger partial charge in [-0.25, -0.2) is 4.79 Å². The van der Waals surface area contributed by atoms with Gasteiger partial charge in [-0.05, 0) is 44.0 Å². The molecule has 1 aromatic rings. The second kappa shape index (κ2) is 6.43. The Morgan fingerprint density at radius 1 is 1.53 bits per heavy atom. The number of oxime groups is 1. The SMILES string of the molecule is CC(C)(C)OC(=O)NCc1cc(/C=N/O)ccc1Cl. The minimum Gasteiger partial charge on any atom is -0.444 e. The van der Waals surface area contributed by atoms with E-state index in [4.69, 9.17) is 21.5 Å². The predicted molar refractivity (Wildman–Crippen MR) is 73.9 cm³/mol. The third-order valence-corrected chi connectivity index (χ3v) is 2.47. The van der Waals surface area contributed by atoms with Crippen molar-refractivity contribution in [2.24, 2.45) is 5.16 Å². The standard InChI is InChI=1S/C13H17ClN2O3/c1-13(2,3)19-12(17)15-8-10-6-9(7-16-18)4-5-11(10)14/h4-7,18H,8H2,1-3H3,(H,15,17)/b16-7+. The van der Waals surface area contributed by atoms with Crippen LogP contribution in [0.25, 0.3) is 0 Å². The average molecular weight is 285 g/mol. The third kappa shape index (κ3) is 5.61. The zero-order valence-electron chi connectivity index (χ0n) is 11.1. The number of nitrogens with zero attached hydrogens (tertiary/aromatic N) is 1. The first kappa shape index (κ1) is 15.3. The average Bonchev–Trinajstić information content (AvgIpc) is 2.28. The van der Waals surface area contributed by atoms with Crippen LogP contribution in [0, 0.1) is 0 Å². The second-order valence-corrected chi connectivity index (χ2v) is 5.36. The highest BCUT2D eigenvalue weighted by molar-refractivity contribution is 6.31. The zero-order chi connectivity index (χ0) is 14.5. The van der Waals surface area contributed by atoms with Gasteiger partial charge < -0.3 is 15.3 Å². The van der Waals surface area contributed by atoms with E-state index in [9.17, 15) is 4.79 Å². The van der Waals surface area contributed by atoms with Crippen LogP contribution in [0.5, 0.6) is 0 Å². The van der Waals surface area contributed by atoms with Crippen LogP contribution in [-0.4, -0.2) is 23.1 Å². The summed E-state index contributed by atoms with van der Waals surface area (Å²) in [7, 11) is 0. The maximum Gasteiger partial charge on any atom is 0.407 e. The lowest BCUT2D eigenvalue weighted by atomic mass is 10.1. The molecule has 0 aliphatic heterocycles. The topological polar surface area (TPSA) is 70.9 Å². The fraction of sp³-hybridized carbons (Fsp3) is 0.385. The Labute approximate surface area is 117 Å². The summed E-state index contributed by atoms with van der Waals surface area (Å²) in [6, 6.07) is 5.10. The molecule has 1 amide bonds. The first-order valence-electron chi connectivity index (χ1n) is 5.74. The number of rotatable bonds is 3. The molecule has 19 heavy (non-hydrogen) atoms. The van der Waals surface area contributed by atoms with Crippen LogP contribution in [0.3, 0.4) is 0 Å². The predicted octanol–water partition coefficient (Wildman–Crippen LogP) is 3.17. The molecule has 0 bridgehead atoms. The van der Waals surface area contributed by atoms with Crippen LogP contribution in [-0.2, 0) is 11.3 Å². The van der Waals surface area contributed by atoms with Crippen molar-refractivity contribution >= 4 is 23.9 Å². The van der Waals surface area contributed by atoms with Gasteiger partial charge in [0.25, 0.3) is 0 Å². The van der Waals surface area contributed by atoms with E-state index >= 15 is 0 Å². The van der Waals surface area contributed by atoms with Crippen molar-refractivity contribution in [1.29, 1.82) is 0 Å². The normalized spacial score (nSPS) is 11.6. The molecule has 0 unspecified atom stereocenters. The highest BCUT2D eigenvalue weighted by Crippen LogP contribution is 2.17. The maximum atomic E-state index is 11.5. The molecule has 1 rings (SSSR count). The molecule has 5 nitrogen and oxygen atoms in total. The molecule has 0 atom stereocenters. The molecule has 0 heterocycles. The maximum absolute atomic E-state index is 11.5. The van der Waals surface area contributed by atoms with Gasteiger partial charge in [-0.2, -0.15) is 0 Å². The lowest BCUT2D eigenvalue weighted by Crippen LogP contribution is -2.32. The number of benzene rings is 1. The van der Waals surface area contributed by atoms with Crippen LogP contribution in [0.1, 0.15) is 31.9 Å².